The summed E-state index contributed by atoms with van der Waals surface area (Å²) >= 11 is 0. The molecule has 0 radical (unpaired) electrons. The van der Waals surface area contributed by atoms with Gasteiger partial charge in [0.05, 0.1) is 0 Å². The highest BCUT2D eigenvalue weighted by Crippen LogP contribution is 2.27. The number of hydrogen-bond acceptors (Lipinski definition) is 2. The summed E-state index contributed by atoms with van der Waals surface area (Å²) in [7, 11) is 0. The van der Waals surface area contributed by atoms with Gasteiger partial charge in [-0.05, 0) is 59.9 Å². The van der Waals surface area contributed by atoms with Crippen molar-refractivity contribution in [1.82, 2.24) is 4.90 Å². The Morgan fingerprint density at radius 1 is 0.935 bits per heavy atom. The highest BCUT2D eigenvalue weighted by atomic mass is 16.2. The molecular formula is C27H28N2O2. The minimum atomic E-state index is -0.134. The molecule has 0 fully saturated rings. The predicted octanol–water partition coefficient (Wildman–Crippen LogP) is 5.83. The number of benzene rings is 3. The molecule has 1 heterocycles. The summed E-state index contributed by atoms with van der Waals surface area (Å²) < 4.78 is 0. The fraction of sp³-hybridized carbons (Fsp3) is 0.259. The molecule has 0 saturated heterocycles. The van der Waals surface area contributed by atoms with E-state index in [1.807, 2.05) is 71.6 Å². The van der Waals surface area contributed by atoms with E-state index in [2.05, 4.69) is 12.2 Å². The van der Waals surface area contributed by atoms with Crippen molar-refractivity contribution in [2.75, 3.05) is 5.32 Å². The molecule has 0 aromatic heterocycles. The van der Waals surface area contributed by atoms with Crippen molar-refractivity contribution in [3.05, 3.63) is 101 Å². The maximum Gasteiger partial charge on any atom is 0.255 e. The summed E-state index contributed by atoms with van der Waals surface area (Å²) in [6.45, 7) is 3.34. The molecule has 0 atom stereocenters. The molecule has 4 rings (SSSR count). The number of anilines is 1. The second-order valence-corrected chi connectivity index (χ2v) is 8.13. The van der Waals surface area contributed by atoms with Gasteiger partial charge in [0.2, 0.25) is 0 Å². The van der Waals surface area contributed by atoms with E-state index in [0.717, 1.165) is 17.5 Å². The average Bonchev–Trinajstić information content (AvgIpc) is 3.09. The molecule has 2 amide bonds. The molecule has 0 spiro atoms. The van der Waals surface area contributed by atoms with E-state index in [-0.39, 0.29) is 11.8 Å². The molecule has 4 nitrogen and oxygen atoms in total. The Morgan fingerprint density at radius 3 is 2.45 bits per heavy atom. The van der Waals surface area contributed by atoms with Gasteiger partial charge in [-0.15, -0.1) is 0 Å². The zero-order valence-electron chi connectivity index (χ0n) is 17.9. The smallest absolute Gasteiger partial charge is 0.255 e. The van der Waals surface area contributed by atoms with Gasteiger partial charge >= 0.3 is 0 Å². The van der Waals surface area contributed by atoms with Gasteiger partial charge in [-0.25, -0.2) is 0 Å². The summed E-state index contributed by atoms with van der Waals surface area (Å²) in [6, 6.07) is 23.4. The van der Waals surface area contributed by atoms with Crippen molar-refractivity contribution in [3.63, 3.8) is 0 Å². The van der Waals surface area contributed by atoms with Crippen molar-refractivity contribution in [2.24, 2.45) is 0 Å². The van der Waals surface area contributed by atoms with Crippen LogP contribution in [0.2, 0.25) is 0 Å². The Morgan fingerprint density at radius 2 is 1.71 bits per heavy atom. The van der Waals surface area contributed by atoms with Gasteiger partial charge in [-0.2, -0.15) is 0 Å². The molecular weight excluding hydrogens is 384 g/mol. The third kappa shape index (κ3) is 5.02. The van der Waals surface area contributed by atoms with E-state index < -0.39 is 0 Å². The Balaban J connectivity index is 1.39. The lowest BCUT2D eigenvalue weighted by Crippen LogP contribution is -2.23. The van der Waals surface area contributed by atoms with Crippen LogP contribution in [-0.2, 0) is 19.5 Å². The molecule has 1 aliphatic rings. The number of amides is 2. The first kappa shape index (κ1) is 20.9. The van der Waals surface area contributed by atoms with E-state index in [1.165, 1.54) is 24.8 Å². The topological polar surface area (TPSA) is 49.4 Å². The number of carbonyl (C=O) groups excluding carboxylic acids is 2. The van der Waals surface area contributed by atoms with Crippen molar-refractivity contribution in [1.29, 1.82) is 0 Å². The van der Waals surface area contributed by atoms with Gasteiger partial charge in [0.1, 0.15) is 0 Å². The second-order valence-electron chi connectivity index (χ2n) is 8.13. The lowest BCUT2D eigenvalue weighted by Gasteiger charge is -2.15. The molecule has 158 valence electrons. The van der Waals surface area contributed by atoms with Gasteiger partial charge in [0, 0.05) is 29.9 Å². The lowest BCUT2D eigenvalue weighted by molar-refractivity contribution is 0.0766. The van der Waals surface area contributed by atoms with Crippen LogP contribution in [0.15, 0.2) is 72.8 Å². The summed E-state index contributed by atoms with van der Waals surface area (Å²) in [6.07, 6.45) is 4.66. The zero-order chi connectivity index (χ0) is 21.6. The fourth-order valence-corrected chi connectivity index (χ4v) is 4.00. The number of nitrogens with one attached hydrogen (secondary N) is 1. The Bertz CT molecular complexity index is 1060. The number of hydrogen-bond donors (Lipinski definition) is 1. The highest BCUT2D eigenvalue weighted by Gasteiger charge is 2.27. The van der Waals surface area contributed by atoms with Crippen LogP contribution in [0.25, 0.3) is 0 Å². The summed E-state index contributed by atoms with van der Waals surface area (Å²) in [5, 5.41) is 2.97. The van der Waals surface area contributed by atoms with Gasteiger partial charge < -0.3 is 10.2 Å². The van der Waals surface area contributed by atoms with Crippen LogP contribution >= 0.6 is 0 Å². The number of nitrogens with zero attached hydrogens (tertiary/aromatic N) is 1. The highest BCUT2D eigenvalue weighted by molar-refractivity contribution is 6.05. The number of fused-ring (bicyclic) bond motifs is 1. The molecule has 4 heteroatoms. The molecule has 0 bridgehead atoms. The minimum absolute atomic E-state index is 0.0374. The first-order valence-electron chi connectivity index (χ1n) is 11.0. The predicted molar refractivity (Wildman–Crippen MR) is 124 cm³/mol. The number of carbonyl (C=O) groups is 2. The van der Waals surface area contributed by atoms with E-state index in [4.69, 9.17) is 0 Å². The zero-order valence-corrected chi connectivity index (χ0v) is 17.9. The maximum absolute atomic E-state index is 12.7. The first-order valence-corrected chi connectivity index (χ1v) is 11.0. The molecule has 1 aliphatic heterocycles. The van der Waals surface area contributed by atoms with Gasteiger partial charge in [-0.1, -0.05) is 62.2 Å². The third-order valence-electron chi connectivity index (χ3n) is 5.74. The van der Waals surface area contributed by atoms with Crippen LogP contribution in [0.3, 0.4) is 0 Å². The van der Waals surface area contributed by atoms with Crippen molar-refractivity contribution >= 4 is 17.5 Å². The fourth-order valence-electron chi connectivity index (χ4n) is 4.00. The largest absolute Gasteiger partial charge is 0.330 e. The minimum Gasteiger partial charge on any atom is -0.330 e. The molecule has 3 aromatic carbocycles. The van der Waals surface area contributed by atoms with Crippen LogP contribution < -0.4 is 5.32 Å². The van der Waals surface area contributed by atoms with E-state index >= 15 is 0 Å². The van der Waals surface area contributed by atoms with E-state index in [1.54, 1.807) is 6.07 Å². The molecule has 0 unspecified atom stereocenters. The quantitative estimate of drug-likeness (QED) is 0.473. The summed E-state index contributed by atoms with van der Waals surface area (Å²) in [4.78, 5) is 27.2. The monoisotopic (exact) mass is 412 g/mol. The molecule has 31 heavy (non-hydrogen) atoms. The van der Waals surface area contributed by atoms with Gasteiger partial charge in [0.25, 0.3) is 11.8 Å². The standard InChI is InChI=1S/C27H28N2O2/c1-2-3-5-8-20-11-13-22(14-12-20)26(30)28-24-15-16-25-23(17-24)19-29(27(25)31)18-21-9-6-4-7-10-21/h4,6-7,9-17H,2-3,5,8,18-19H2,1H3,(H,28,30). The van der Waals surface area contributed by atoms with Gasteiger partial charge in [0.15, 0.2) is 0 Å². The molecule has 0 saturated carbocycles. The molecule has 3 aromatic rings. The average molecular weight is 413 g/mol. The Labute approximate surface area is 183 Å². The number of rotatable bonds is 8. The first-order chi connectivity index (χ1) is 15.1. The third-order valence-corrected chi connectivity index (χ3v) is 5.74. The van der Waals surface area contributed by atoms with Crippen LogP contribution in [0.4, 0.5) is 5.69 Å². The SMILES string of the molecule is CCCCCc1ccc(C(=O)Nc2ccc3c(c2)CN(Cc2ccccc2)C3=O)cc1. The van der Waals surface area contributed by atoms with Crippen molar-refractivity contribution in [3.8, 4) is 0 Å². The number of unbranched alkanes of at least 4 members (excludes halogenated alkanes) is 2. The maximum atomic E-state index is 12.7. The van der Waals surface area contributed by atoms with E-state index in [0.29, 0.717) is 29.9 Å². The Hall–Kier alpha value is -3.40. The normalized spacial score (nSPS) is 12.7. The number of aryl methyl sites for hydroxylation is 1. The lowest BCUT2D eigenvalue weighted by atomic mass is 10.0. The van der Waals surface area contributed by atoms with Crippen molar-refractivity contribution < 1.29 is 9.59 Å². The Kier molecular flexibility index (Phi) is 6.46. The van der Waals surface area contributed by atoms with E-state index in [9.17, 15) is 9.59 Å². The summed E-state index contributed by atoms with van der Waals surface area (Å²) in [5.74, 6) is -0.0964. The van der Waals surface area contributed by atoms with Crippen LogP contribution in [0.1, 0.15) is 63.6 Å². The molecule has 0 aliphatic carbocycles. The second kappa shape index (κ2) is 9.61. The van der Waals surface area contributed by atoms with Crippen LogP contribution in [-0.4, -0.2) is 16.7 Å². The van der Waals surface area contributed by atoms with Crippen LogP contribution in [0, 0.1) is 0 Å². The molecule has 1 N–H and O–H groups in total. The van der Waals surface area contributed by atoms with Gasteiger partial charge in [-0.3, -0.25) is 9.59 Å². The summed E-state index contributed by atoms with van der Waals surface area (Å²) in [5.41, 5.74) is 5.39. The van der Waals surface area contributed by atoms with Crippen molar-refractivity contribution in [2.45, 2.75) is 45.7 Å². The van der Waals surface area contributed by atoms with Crippen LogP contribution in [0.5, 0.6) is 0 Å².